The van der Waals surface area contributed by atoms with Crippen LogP contribution < -0.4 is 4.74 Å². The van der Waals surface area contributed by atoms with Gasteiger partial charge in [0.2, 0.25) is 0 Å². The van der Waals surface area contributed by atoms with Crippen LogP contribution in [-0.2, 0) is 0 Å². The Labute approximate surface area is 117 Å². The maximum Gasteiger partial charge on any atom is 0.123 e. The maximum atomic E-state index is 5.55. The molecule has 100 valence electrons. The number of ether oxygens (including phenoxy) is 1. The monoisotopic (exact) mass is 265 g/mol. The normalized spacial score (nSPS) is 10.4. The average Bonchev–Trinajstić information content (AvgIpc) is 3.02. The van der Waals surface area contributed by atoms with E-state index in [1.54, 1.807) is 12.7 Å². The van der Waals surface area contributed by atoms with E-state index in [0.29, 0.717) is 6.61 Å². The summed E-state index contributed by atoms with van der Waals surface area (Å²) < 4.78 is 7.43. The number of benzene rings is 2. The van der Waals surface area contributed by atoms with Gasteiger partial charge in [0.25, 0.3) is 0 Å². The van der Waals surface area contributed by atoms with Crippen LogP contribution in [0.15, 0.2) is 61.2 Å². The van der Waals surface area contributed by atoms with Gasteiger partial charge < -0.3 is 4.74 Å². The molecule has 0 saturated heterocycles. The summed E-state index contributed by atoms with van der Waals surface area (Å²) in [4.78, 5) is 0. The van der Waals surface area contributed by atoms with E-state index in [2.05, 4.69) is 34.5 Å². The fourth-order valence-corrected chi connectivity index (χ4v) is 2.11. The molecule has 3 aromatic rings. The molecule has 2 aromatic carbocycles. The average molecular weight is 265 g/mol. The molecule has 0 saturated carbocycles. The minimum atomic E-state index is 0.671. The van der Waals surface area contributed by atoms with Crippen molar-refractivity contribution in [2.45, 2.75) is 6.92 Å². The number of hydrogen-bond donors (Lipinski definition) is 0. The van der Waals surface area contributed by atoms with Crippen molar-refractivity contribution < 1.29 is 4.74 Å². The van der Waals surface area contributed by atoms with Crippen LogP contribution >= 0.6 is 0 Å². The lowest BCUT2D eigenvalue weighted by Crippen LogP contribution is -1.92. The van der Waals surface area contributed by atoms with Crippen molar-refractivity contribution in [2.75, 3.05) is 6.61 Å². The predicted octanol–water partition coefficient (Wildman–Crippen LogP) is 3.33. The molecule has 1 aromatic heterocycles. The van der Waals surface area contributed by atoms with Gasteiger partial charge in [-0.15, -0.1) is 10.2 Å². The number of nitrogens with zero attached hydrogens (tertiary/aromatic N) is 3. The Balaban J connectivity index is 1.98. The lowest BCUT2D eigenvalue weighted by Gasteiger charge is -2.08. The molecule has 0 atom stereocenters. The largest absolute Gasteiger partial charge is 0.494 e. The molecule has 0 unspecified atom stereocenters. The molecule has 20 heavy (non-hydrogen) atoms. The Morgan fingerprint density at radius 3 is 2.40 bits per heavy atom. The van der Waals surface area contributed by atoms with Gasteiger partial charge >= 0.3 is 0 Å². The third-order valence-corrected chi connectivity index (χ3v) is 3.04. The van der Waals surface area contributed by atoms with Crippen molar-refractivity contribution in [2.24, 2.45) is 0 Å². The molecular formula is C16H15N3O. The van der Waals surface area contributed by atoms with Crippen LogP contribution in [-0.4, -0.2) is 21.4 Å². The van der Waals surface area contributed by atoms with Gasteiger partial charge in [0.1, 0.15) is 18.4 Å². The molecule has 0 bridgehead atoms. The Bertz CT molecular complexity index is 692. The van der Waals surface area contributed by atoms with E-state index in [4.69, 9.17) is 4.74 Å². The van der Waals surface area contributed by atoms with Crippen molar-refractivity contribution in [3.63, 3.8) is 0 Å². The van der Waals surface area contributed by atoms with Crippen molar-refractivity contribution in [3.05, 3.63) is 61.2 Å². The van der Waals surface area contributed by atoms with Crippen LogP contribution in [0.2, 0.25) is 0 Å². The van der Waals surface area contributed by atoms with E-state index in [-0.39, 0.29) is 0 Å². The van der Waals surface area contributed by atoms with E-state index in [1.165, 1.54) is 0 Å². The summed E-state index contributed by atoms with van der Waals surface area (Å²) in [5.74, 6) is 0.889. The topological polar surface area (TPSA) is 39.9 Å². The van der Waals surface area contributed by atoms with E-state index in [9.17, 15) is 0 Å². The zero-order valence-corrected chi connectivity index (χ0v) is 11.2. The molecule has 0 aliphatic heterocycles. The Morgan fingerprint density at radius 1 is 0.950 bits per heavy atom. The van der Waals surface area contributed by atoms with Crippen LogP contribution in [0.25, 0.3) is 16.8 Å². The number of hydrogen-bond acceptors (Lipinski definition) is 3. The minimum absolute atomic E-state index is 0.671. The first-order chi connectivity index (χ1) is 9.86. The van der Waals surface area contributed by atoms with Gasteiger partial charge in [0.05, 0.1) is 6.61 Å². The molecule has 0 N–H and O–H groups in total. The first-order valence-corrected chi connectivity index (χ1v) is 6.55. The van der Waals surface area contributed by atoms with Crippen molar-refractivity contribution in [3.8, 4) is 22.6 Å². The first-order valence-electron chi connectivity index (χ1n) is 6.55. The number of aromatic nitrogens is 3. The molecule has 0 amide bonds. The standard InChI is InChI=1S/C16H15N3O/c1-2-20-16-8-4-6-14(10-16)13-5-3-7-15(9-13)19-11-17-18-12-19/h3-12H,2H2,1H3. The van der Waals surface area contributed by atoms with Gasteiger partial charge in [0.15, 0.2) is 0 Å². The molecule has 1 heterocycles. The van der Waals surface area contributed by atoms with Crippen molar-refractivity contribution >= 4 is 0 Å². The fraction of sp³-hybridized carbons (Fsp3) is 0.125. The quantitative estimate of drug-likeness (QED) is 0.726. The fourth-order valence-electron chi connectivity index (χ4n) is 2.11. The number of rotatable bonds is 4. The summed E-state index contributed by atoms with van der Waals surface area (Å²) >= 11 is 0. The summed E-state index contributed by atoms with van der Waals surface area (Å²) in [6.45, 7) is 2.66. The lowest BCUT2D eigenvalue weighted by atomic mass is 10.0. The van der Waals surface area contributed by atoms with E-state index < -0.39 is 0 Å². The second-order valence-electron chi connectivity index (χ2n) is 4.38. The molecule has 0 radical (unpaired) electrons. The van der Waals surface area contributed by atoms with Gasteiger partial charge in [-0.05, 0) is 42.3 Å². The van der Waals surface area contributed by atoms with Crippen LogP contribution in [0.1, 0.15) is 6.92 Å². The summed E-state index contributed by atoms with van der Waals surface area (Å²) in [5.41, 5.74) is 3.30. The van der Waals surface area contributed by atoms with E-state index >= 15 is 0 Å². The van der Waals surface area contributed by atoms with Gasteiger partial charge in [-0.3, -0.25) is 4.57 Å². The van der Waals surface area contributed by atoms with E-state index in [1.807, 2.05) is 35.8 Å². The zero-order valence-electron chi connectivity index (χ0n) is 11.2. The highest BCUT2D eigenvalue weighted by Crippen LogP contribution is 2.25. The van der Waals surface area contributed by atoms with Crippen LogP contribution in [0.5, 0.6) is 5.75 Å². The Hall–Kier alpha value is -2.62. The van der Waals surface area contributed by atoms with Gasteiger partial charge in [-0.1, -0.05) is 24.3 Å². The second-order valence-corrected chi connectivity index (χ2v) is 4.38. The molecule has 0 spiro atoms. The minimum Gasteiger partial charge on any atom is -0.494 e. The smallest absolute Gasteiger partial charge is 0.123 e. The zero-order chi connectivity index (χ0) is 13.8. The van der Waals surface area contributed by atoms with Gasteiger partial charge in [0, 0.05) is 5.69 Å². The van der Waals surface area contributed by atoms with Crippen LogP contribution in [0.3, 0.4) is 0 Å². The second kappa shape index (κ2) is 5.57. The summed E-state index contributed by atoms with van der Waals surface area (Å²) in [6, 6.07) is 16.3. The highest BCUT2D eigenvalue weighted by Gasteiger charge is 2.02. The molecule has 0 aliphatic rings. The van der Waals surface area contributed by atoms with Gasteiger partial charge in [-0.2, -0.15) is 0 Å². The third-order valence-electron chi connectivity index (χ3n) is 3.04. The molecule has 3 rings (SSSR count). The molecular weight excluding hydrogens is 250 g/mol. The van der Waals surface area contributed by atoms with E-state index in [0.717, 1.165) is 22.6 Å². The van der Waals surface area contributed by atoms with Crippen LogP contribution in [0.4, 0.5) is 0 Å². The SMILES string of the molecule is CCOc1cccc(-c2cccc(-n3cnnc3)c2)c1. The van der Waals surface area contributed by atoms with Gasteiger partial charge in [-0.25, -0.2) is 0 Å². The maximum absolute atomic E-state index is 5.55. The molecule has 4 nitrogen and oxygen atoms in total. The summed E-state index contributed by atoms with van der Waals surface area (Å²) in [6.07, 6.45) is 3.38. The Kier molecular flexibility index (Phi) is 3.46. The molecule has 0 aliphatic carbocycles. The Morgan fingerprint density at radius 2 is 1.65 bits per heavy atom. The summed E-state index contributed by atoms with van der Waals surface area (Å²) in [7, 11) is 0. The molecule has 0 fully saturated rings. The first kappa shape index (κ1) is 12.4. The predicted molar refractivity (Wildman–Crippen MR) is 78.0 cm³/mol. The summed E-state index contributed by atoms with van der Waals surface area (Å²) in [5, 5.41) is 7.66. The lowest BCUT2D eigenvalue weighted by molar-refractivity contribution is 0.340. The molecule has 4 heteroatoms. The van der Waals surface area contributed by atoms with Crippen LogP contribution in [0, 0.1) is 0 Å². The highest BCUT2D eigenvalue weighted by atomic mass is 16.5. The van der Waals surface area contributed by atoms with Crippen molar-refractivity contribution in [1.82, 2.24) is 14.8 Å². The third kappa shape index (κ3) is 2.54. The van der Waals surface area contributed by atoms with Crippen molar-refractivity contribution in [1.29, 1.82) is 0 Å². The highest BCUT2D eigenvalue weighted by molar-refractivity contribution is 5.67.